The average Bonchev–Trinajstić information content (AvgIpc) is 2.93. The lowest BCUT2D eigenvalue weighted by atomic mass is 10.0. The molecule has 0 aliphatic carbocycles. The van der Waals surface area contributed by atoms with E-state index in [1.807, 2.05) is 13.8 Å². The molecule has 0 radical (unpaired) electrons. The van der Waals surface area contributed by atoms with Crippen molar-refractivity contribution in [1.29, 1.82) is 0 Å². The van der Waals surface area contributed by atoms with Gasteiger partial charge in [-0.25, -0.2) is 0 Å². The number of nitrogens with one attached hydrogen (secondary N) is 1. The van der Waals surface area contributed by atoms with Crippen LogP contribution in [0, 0.1) is 0 Å². The van der Waals surface area contributed by atoms with Crippen molar-refractivity contribution >= 4 is 35.0 Å². The molecule has 1 atom stereocenters. The van der Waals surface area contributed by atoms with Crippen molar-refractivity contribution in [1.82, 2.24) is 10.2 Å². The van der Waals surface area contributed by atoms with E-state index in [2.05, 4.69) is 5.32 Å². The molecule has 110 valence electrons. The van der Waals surface area contributed by atoms with E-state index in [-0.39, 0.29) is 24.7 Å². The van der Waals surface area contributed by atoms with Crippen LogP contribution in [0.3, 0.4) is 0 Å². The number of thiophene rings is 1. The Morgan fingerprint density at radius 2 is 1.95 bits per heavy atom. The number of piperidine rings is 1. The fraction of sp³-hybridized carbons (Fsp3) is 0.429. The zero-order valence-corrected chi connectivity index (χ0v) is 12.5. The van der Waals surface area contributed by atoms with Crippen LogP contribution in [-0.2, 0) is 9.59 Å². The van der Waals surface area contributed by atoms with E-state index in [4.69, 9.17) is 0 Å². The molecule has 0 saturated carbocycles. The minimum atomic E-state index is -0.884. The van der Waals surface area contributed by atoms with Crippen molar-refractivity contribution in [3.8, 4) is 0 Å². The third-order valence-electron chi connectivity index (χ3n) is 3.70. The van der Waals surface area contributed by atoms with Crippen molar-refractivity contribution < 1.29 is 19.2 Å². The van der Waals surface area contributed by atoms with E-state index in [9.17, 15) is 19.2 Å². The third kappa shape index (κ3) is 2.08. The molecule has 0 spiro atoms. The maximum absolute atomic E-state index is 12.4. The summed E-state index contributed by atoms with van der Waals surface area (Å²) in [4.78, 5) is 50.2. The van der Waals surface area contributed by atoms with Gasteiger partial charge < -0.3 is 0 Å². The summed E-state index contributed by atoms with van der Waals surface area (Å²) in [5.41, 5.74) is 0.374. The second-order valence-corrected chi connectivity index (χ2v) is 6.58. The smallest absolute Gasteiger partial charge is 0.272 e. The monoisotopic (exact) mass is 306 g/mol. The summed E-state index contributed by atoms with van der Waals surface area (Å²) in [6, 6.07) is 0.848. The Morgan fingerprint density at radius 1 is 1.24 bits per heavy atom. The summed E-state index contributed by atoms with van der Waals surface area (Å²) in [6.45, 7) is 3.99. The molecule has 4 amide bonds. The third-order valence-corrected chi connectivity index (χ3v) is 5.13. The molecule has 1 N–H and O–H groups in total. The van der Waals surface area contributed by atoms with Crippen LogP contribution in [0.4, 0.5) is 0 Å². The zero-order valence-electron chi connectivity index (χ0n) is 11.6. The molecular formula is C14H14N2O4S. The highest BCUT2D eigenvalue weighted by molar-refractivity contribution is 7.14. The average molecular weight is 306 g/mol. The van der Waals surface area contributed by atoms with Gasteiger partial charge in [-0.2, -0.15) is 0 Å². The molecule has 2 aliphatic rings. The fourth-order valence-electron chi connectivity index (χ4n) is 2.56. The molecule has 2 aliphatic heterocycles. The first-order valence-electron chi connectivity index (χ1n) is 6.75. The number of hydrogen-bond acceptors (Lipinski definition) is 5. The molecule has 1 aromatic rings. The van der Waals surface area contributed by atoms with Crippen LogP contribution in [-0.4, -0.2) is 34.6 Å². The first-order chi connectivity index (χ1) is 9.90. The van der Waals surface area contributed by atoms with E-state index in [0.717, 1.165) is 9.78 Å². The number of imide groups is 2. The van der Waals surface area contributed by atoms with E-state index < -0.39 is 23.8 Å². The van der Waals surface area contributed by atoms with Gasteiger partial charge in [-0.15, -0.1) is 11.3 Å². The van der Waals surface area contributed by atoms with Crippen LogP contribution >= 0.6 is 11.3 Å². The number of amides is 4. The van der Waals surface area contributed by atoms with Crippen molar-refractivity contribution in [2.45, 2.75) is 38.6 Å². The molecule has 1 fully saturated rings. The van der Waals surface area contributed by atoms with Gasteiger partial charge in [0.25, 0.3) is 11.8 Å². The summed E-state index contributed by atoms with van der Waals surface area (Å²) >= 11 is 1.30. The van der Waals surface area contributed by atoms with Crippen LogP contribution in [0.25, 0.3) is 0 Å². The van der Waals surface area contributed by atoms with Crippen LogP contribution in [0.5, 0.6) is 0 Å². The number of carbonyl (C=O) groups excluding carboxylic acids is 4. The molecule has 3 heterocycles. The maximum Gasteiger partial charge on any atom is 0.272 e. The Balaban J connectivity index is 1.92. The van der Waals surface area contributed by atoms with Gasteiger partial charge >= 0.3 is 0 Å². The van der Waals surface area contributed by atoms with Crippen LogP contribution < -0.4 is 5.32 Å². The Hall–Kier alpha value is -2.02. The summed E-state index contributed by atoms with van der Waals surface area (Å²) in [5.74, 6) is -1.57. The molecule has 1 aromatic heterocycles. The van der Waals surface area contributed by atoms with Gasteiger partial charge in [0.2, 0.25) is 11.8 Å². The Kier molecular flexibility index (Phi) is 3.16. The Labute approximate surface area is 125 Å². The van der Waals surface area contributed by atoms with Gasteiger partial charge in [0.15, 0.2) is 0 Å². The van der Waals surface area contributed by atoms with Gasteiger partial charge in [-0.3, -0.25) is 29.4 Å². The van der Waals surface area contributed by atoms with Crippen LogP contribution in [0.1, 0.15) is 57.5 Å². The number of rotatable bonds is 2. The predicted molar refractivity (Wildman–Crippen MR) is 75.1 cm³/mol. The molecular weight excluding hydrogens is 292 g/mol. The van der Waals surface area contributed by atoms with Gasteiger partial charge in [-0.05, 0) is 18.4 Å². The van der Waals surface area contributed by atoms with Crippen molar-refractivity contribution in [2.75, 3.05) is 0 Å². The summed E-state index contributed by atoms with van der Waals surface area (Å²) < 4.78 is 0. The fourth-order valence-corrected chi connectivity index (χ4v) is 3.65. The topological polar surface area (TPSA) is 83.6 Å². The molecule has 21 heavy (non-hydrogen) atoms. The molecule has 1 unspecified atom stereocenters. The van der Waals surface area contributed by atoms with Crippen molar-refractivity contribution in [3.05, 3.63) is 21.4 Å². The lowest BCUT2D eigenvalue weighted by Crippen LogP contribution is -2.54. The highest BCUT2D eigenvalue weighted by atomic mass is 32.1. The number of nitrogens with zero attached hydrogens (tertiary/aromatic N) is 1. The summed E-state index contributed by atoms with van der Waals surface area (Å²) in [6.07, 6.45) is 0.326. The van der Waals surface area contributed by atoms with E-state index in [1.54, 1.807) is 6.07 Å². The maximum atomic E-state index is 12.4. The largest absolute Gasteiger partial charge is 0.295 e. The lowest BCUT2D eigenvalue weighted by molar-refractivity contribution is -0.136. The predicted octanol–water partition coefficient (Wildman–Crippen LogP) is 1.27. The highest BCUT2D eigenvalue weighted by Gasteiger charge is 2.45. The molecule has 0 aromatic carbocycles. The van der Waals surface area contributed by atoms with E-state index >= 15 is 0 Å². The number of carbonyl (C=O) groups is 4. The molecule has 3 rings (SSSR count). The highest BCUT2D eigenvalue weighted by Crippen LogP contribution is 2.36. The minimum absolute atomic E-state index is 0.137. The standard InChI is InChI=1S/C14H14N2O4S/c1-6(2)9-5-7-11(21-9)14(20)16(13(7)19)8-3-4-10(17)15-12(8)18/h5-6,8H,3-4H2,1-2H3,(H,15,17,18). The van der Waals surface area contributed by atoms with E-state index in [0.29, 0.717) is 10.4 Å². The molecule has 7 heteroatoms. The van der Waals surface area contributed by atoms with Crippen LogP contribution in [0.15, 0.2) is 6.07 Å². The lowest BCUT2D eigenvalue weighted by Gasteiger charge is -2.27. The van der Waals surface area contributed by atoms with Gasteiger partial charge in [0.1, 0.15) is 10.9 Å². The van der Waals surface area contributed by atoms with E-state index in [1.165, 1.54) is 11.3 Å². The number of hydrogen-bond donors (Lipinski definition) is 1. The summed E-state index contributed by atoms with van der Waals surface area (Å²) in [7, 11) is 0. The zero-order chi connectivity index (χ0) is 15.3. The van der Waals surface area contributed by atoms with Gasteiger partial charge in [0.05, 0.1) is 5.56 Å². The second-order valence-electron chi connectivity index (χ2n) is 5.49. The van der Waals surface area contributed by atoms with Gasteiger partial charge in [0, 0.05) is 11.3 Å². The molecule has 1 saturated heterocycles. The number of fused-ring (bicyclic) bond motifs is 1. The quantitative estimate of drug-likeness (QED) is 0.834. The SMILES string of the molecule is CC(C)c1cc2c(s1)C(=O)N(C1CCC(=O)NC1=O)C2=O. The summed E-state index contributed by atoms with van der Waals surface area (Å²) in [5, 5.41) is 2.18. The molecule has 0 bridgehead atoms. The molecule has 6 nitrogen and oxygen atoms in total. The Morgan fingerprint density at radius 3 is 2.52 bits per heavy atom. The second kappa shape index (κ2) is 4.77. The van der Waals surface area contributed by atoms with Crippen LogP contribution in [0.2, 0.25) is 0 Å². The first kappa shape index (κ1) is 13.9. The van der Waals surface area contributed by atoms with Crippen molar-refractivity contribution in [3.63, 3.8) is 0 Å². The first-order valence-corrected chi connectivity index (χ1v) is 7.57. The normalized spacial score (nSPS) is 22.0. The Bertz CT molecular complexity index is 643. The minimum Gasteiger partial charge on any atom is -0.295 e. The van der Waals surface area contributed by atoms with Gasteiger partial charge in [-0.1, -0.05) is 13.8 Å². The van der Waals surface area contributed by atoms with Crippen molar-refractivity contribution in [2.24, 2.45) is 0 Å².